The number of piperidine rings is 1. The van der Waals surface area contributed by atoms with Gasteiger partial charge in [-0.05, 0) is 39.3 Å². The number of nitrogens with zero attached hydrogens (tertiary/aromatic N) is 1. The van der Waals surface area contributed by atoms with Gasteiger partial charge in [0.05, 0.1) is 12.6 Å². The third-order valence-electron chi connectivity index (χ3n) is 3.91. The Morgan fingerprint density at radius 2 is 2.30 bits per heavy atom. The minimum Gasteiger partial charge on any atom is -0.383 e. The number of nitrogens with one attached hydrogen (secondary N) is 2. The fourth-order valence-corrected chi connectivity index (χ4v) is 2.68. The molecule has 1 rings (SSSR count). The number of hydrogen-bond donors (Lipinski definition) is 2. The lowest BCUT2D eigenvalue weighted by Crippen LogP contribution is -2.51. The van der Waals surface area contributed by atoms with Crippen LogP contribution < -0.4 is 10.6 Å². The third-order valence-corrected chi connectivity index (χ3v) is 3.91. The van der Waals surface area contributed by atoms with Gasteiger partial charge in [-0.25, -0.2) is 0 Å². The second-order valence-corrected chi connectivity index (χ2v) is 5.60. The Kier molecular flexibility index (Phi) is 8.82. The molecule has 1 amide bonds. The number of rotatable bonds is 9. The molecule has 0 bridgehead atoms. The monoisotopic (exact) mass is 285 g/mol. The molecule has 0 aromatic carbocycles. The highest BCUT2D eigenvalue weighted by molar-refractivity contribution is 5.81. The summed E-state index contributed by atoms with van der Waals surface area (Å²) >= 11 is 0. The van der Waals surface area contributed by atoms with E-state index in [4.69, 9.17) is 4.74 Å². The van der Waals surface area contributed by atoms with Gasteiger partial charge in [0.1, 0.15) is 0 Å². The average Bonchev–Trinajstić information content (AvgIpc) is 2.47. The molecule has 5 heteroatoms. The average molecular weight is 285 g/mol. The maximum atomic E-state index is 12.1. The van der Waals surface area contributed by atoms with Gasteiger partial charge in [0, 0.05) is 26.2 Å². The molecule has 0 aliphatic carbocycles. The van der Waals surface area contributed by atoms with E-state index in [-0.39, 0.29) is 11.9 Å². The SMILES string of the molecule is CCCN(CC1CCCCN1)C(C)C(=O)NCCOC. The third kappa shape index (κ3) is 6.20. The van der Waals surface area contributed by atoms with E-state index in [1.165, 1.54) is 19.3 Å². The molecule has 1 aliphatic rings. The summed E-state index contributed by atoms with van der Waals surface area (Å²) in [5.74, 6) is 0.103. The van der Waals surface area contributed by atoms with Gasteiger partial charge in [0.15, 0.2) is 0 Å². The molecule has 20 heavy (non-hydrogen) atoms. The van der Waals surface area contributed by atoms with Crippen LogP contribution in [0.4, 0.5) is 0 Å². The van der Waals surface area contributed by atoms with E-state index < -0.39 is 0 Å². The molecule has 1 saturated heterocycles. The Hall–Kier alpha value is -0.650. The minimum absolute atomic E-state index is 0.0736. The van der Waals surface area contributed by atoms with Crippen LogP contribution in [0.5, 0.6) is 0 Å². The van der Waals surface area contributed by atoms with Gasteiger partial charge >= 0.3 is 0 Å². The molecule has 0 spiro atoms. The van der Waals surface area contributed by atoms with Crippen LogP contribution in [0.15, 0.2) is 0 Å². The fraction of sp³-hybridized carbons (Fsp3) is 0.933. The zero-order valence-electron chi connectivity index (χ0n) is 13.3. The predicted molar refractivity (Wildman–Crippen MR) is 81.9 cm³/mol. The second-order valence-electron chi connectivity index (χ2n) is 5.60. The van der Waals surface area contributed by atoms with Crippen molar-refractivity contribution in [3.8, 4) is 0 Å². The summed E-state index contributed by atoms with van der Waals surface area (Å²) < 4.78 is 4.96. The number of carbonyl (C=O) groups is 1. The molecule has 2 N–H and O–H groups in total. The maximum Gasteiger partial charge on any atom is 0.237 e. The van der Waals surface area contributed by atoms with Crippen LogP contribution in [0.2, 0.25) is 0 Å². The minimum atomic E-state index is -0.0736. The summed E-state index contributed by atoms with van der Waals surface area (Å²) in [6.07, 6.45) is 4.87. The van der Waals surface area contributed by atoms with Crippen molar-refractivity contribution in [1.82, 2.24) is 15.5 Å². The quantitative estimate of drug-likeness (QED) is 0.620. The van der Waals surface area contributed by atoms with Crippen LogP contribution >= 0.6 is 0 Å². The van der Waals surface area contributed by atoms with Crippen molar-refractivity contribution >= 4 is 5.91 Å². The van der Waals surface area contributed by atoms with Crippen LogP contribution in [-0.2, 0) is 9.53 Å². The largest absolute Gasteiger partial charge is 0.383 e. The molecule has 0 radical (unpaired) electrons. The van der Waals surface area contributed by atoms with Gasteiger partial charge in [0.2, 0.25) is 5.91 Å². The Morgan fingerprint density at radius 3 is 2.90 bits per heavy atom. The highest BCUT2D eigenvalue weighted by atomic mass is 16.5. The molecular formula is C15H31N3O2. The van der Waals surface area contributed by atoms with Gasteiger partial charge in [-0.15, -0.1) is 0 Å². The van der Waals surface area contributed by atoms with Gasteiger partial charge in [0.25, 0.3) is 0 Å². The van der Waals surface area contributed by atoms with Gasteiger partial charge in [-0.2, -0.15) is 0 Å². The smallest absolute Gasteiger partial charge is 0.237 e. The summed E-state index contributed by atoms with van der Waals surface area (Å²) in [6, 6.07) is 0.458. The number of methoxy groups -OCH3 is 1. The van der Waals surface area contributed by atoms with Crippen molar-refractivity contribution in [2.75, 3.05) is 39.9 Å². The van der Waals surface area contributed by atoms with Crippen LogP contribution in [0, 0.1) is 0 Å². The number of hydrogen-bond acceptors (Lipinski definition) is 4. The van der Waals surface area contributed by atoms with Crippen molar-refractivity contribution in [2.45, 2.75) is 51.6 Å². The summed E-state index contributed by atoms with van der Waals surface area (Å²) in [7, 11) is 1.65. The molecule has 1 aliphatic heterocycles. The van der Waals surface area contributed by atoms with E-state index in [0.29, 0.717) is 19.2 Å². The first-order valence-electron chi connectivity index (χ1n) is 7.93. The Labute approximate surface area is 123 Å². The van der Waals surface area contributed by atoms with Crippen LogP contribution in [0.25, 0.3) is 0 Å². The van der Waals surface area contributed by atoms with Gasteiger partial charge < -0.3 is 15.4 Å². The molecule has 1 heterocycles. The number of amides is 1. The highest BCUT2D eigenvalue weighted by Crippen LogP contribution is 2.11. The first kappa shape index (κ1) is 17.4. The second kappa shape index (κ2) is 10.1. The van der Waals surface area contributed by atoms with E-state index in [9.17, 15) is 4.79 Å². The van der Waals surface area contributed by atoms with Crippen molar-refractivity contribution < 1.29 is 9.53 Å². The van der Waals surface area contributed by atoms with E-state index in [2.05, 4.69) is 22.5 Å². The summed E-state index contributed by atoms with van der Waals surface area (Å²) in [4.78, 5) is 14.4. The van der Waals surface area contributed by atoms with Crippen molar-refractivity contribution in [2.24, 2.45) is 0 Å². The fourth-order valence-electron chi connectivity index (χ4n) is 2.68. The standard InChI is InChI=1S/C15H31N3O2/c1-4-10-18(12-14-7-5-6-8-16-14)13(2)15(19)17-9-11-20-3/h13-14,16H,4-12H2,1-3H3,(H,17,19). The van der Waals surface area contributed by atoms with Gasteiger partial charge in [-0.1, -0.05) is 13.3 Å². The molecule has 5 nitrogen and oxygen atoms in total. The normalized spacial score (nSPS) is 20.9. The van der Waals surface area contributed by atoms with E-state index >= 15 is 0 Å². The summed E-state index contributed by atoms with van der Waals surface area (Å²) in [5.41, 5.74) is 0. The van der Waals surface area contributed by atoms with Crippen LogP contribution in [0.3, 0.4) is 0 Å². The Morgan fingerprint density at radius 1 is 1.50 bits per heavy atom. The predicted octanol–water partition coefficient (Wildman–Crippen LogP) is 0.992. The molecule has 2 unspecified atom stereocenters. The molecule has 0 aromatic heterocycles. The Balaban J connectivity index is 2.43. The highest BCUT2D eigenvalue weighted by Gasteiger charge is 2.24. The van der Waals surface area contributed by atoms with Crippen molar-refractivity contribution in [3.05, 3.63) is 0 Å². The van der Waals surface area contributed by atoms with Crippen molar-refractivity contribution in [1.29, 1.82) is 0 Å². The summed E-state index contributed by atoms with van der Waals surface area (Å²) in [6.45, 7) is 8.36. The van der Waals surface area contributed by atoms with Gasteiger partial charge in [-0.3, -0.25) is 9.69 Å². The Bertz CT molecular complexity index is 268. The maximum absolute atomic E-state index is 12.1. The molecule has 0 saturated carbocycles. The van der Waals surface area contributed by atoms with Crippen LogP contribution in [0.1, 0.15) is 39.5 Å². The molecule has 118 valence electrons. The van der Waals surface area contributed by atoms with E-state index in [1.54, 1.807) is 7.11 Å². The summed E-state index contributed by atoms with van der Waals surface area (Å²) in [5, 5.41) is 6.49. The number of carbonyl (C=O) groups excluding carboxylic acids is 1. The lowest BCUT2D eigenvalue weighted by Gasteiger charge is -2.33. The van der Waals surface area contributed by atoms with E-state index in [1.807, 2.05) is 6.92 Å². The van der Waals surface area contributed by atoms with Crippen LogP contribution in [-0.4, -0.2) is 62.8 Å². The first-order chi connectivity index (χ1) is 9.69. The molecule has 2 atom stereocenters. The lowest BCUT2D eigenvalue weighted by molar-refractivity contribution is -0.126. The van der Waals surface area contributed by atoms with Crippen molar-refractivity contribution in [3.63, 3.8) is 0 Å². The molecule has 0 aromatic rings. The number of ether oxygens (including phenoxy) is 1. The molecule has 1 fully saturated rings. The zero-order valence-corrected chi connectivity index (χ0v) is 13.3. The molecular weight excluding hydrogens is 254 g/mol. The zero-order chi connectivity index (χ0) is 14.8. The van der Waals surface area contributed by atoms with E-state index in [0.717, 1.165) is 26.1 Å². The topological polar surface area (TPSA) is 53.6 Å². The lowest BCUT2D eigenvalue weighted by atomic mass is 10.0. The first-order valence-corrected chi connectivity index (χ1v) is 7.93.